The number of aliphatic hydroxyl groups is 1. The molecule has 0 aliphatic carbocycles. The maximum atomic E-state index is 12.9. The van der Waals surface area contributed by atoms with Gasteiger partial charge in [-0.05, 0) is 51.5 Å². The summed E-state index contributed by atoms with van der Waals surface area (Å²) >= 11 is 1.53. The van der Waals surface area contributed by atoms with Gasteiger partial charge in [0, 0.05) is 31.1 Å². The number of nitrogens with zero attached hydrogens (tertiary/aromatic N) is 4. The van der Waals surface area contributed by atoms with Crippen LogP contribution in [0.5, 0.6) is 0 Å². The number of piperidine rings is 2. The van der Waals surface area contributed by atoms with Crippen LogP contribution in [0.3, 0.4) is 0 Å². The number of hydrogen-bond acceptors (Lipinski definition) is 6. The highest BCUT2D eigenvalue weighted by molar-refractivity contribution is 7.18. The van der Waals surface area contributed by atoms with Crippen LogP contribution in [0.4, 0.5) is 0 Å². The Labute approximate surface area is 175 Å². The monoisotopic (exact) mass is 418 g/mol. The molecule has 4 heterocycles. The van der Waals surface area contributed by atoms with Gasteiger partial charge in [0.1, 0.15) is 4.83 Å². The third-order valence-corrected chi connectivity index (χ3v) is 7.59. The third-order valence-electron chi connectivity index (χ3n) is 6.47. The van der Waals surface area contributed by atoms with Crippen LogP contribution >= 0.6 is 11.3 Å². The molecule has 0 spiro atoms. The van der Waals surface area contributed by atoms with E-state index in [0.29, 0.717) is 37.9 Å². The van der Waals surface area contributed by atoms with Crippen molar-refractivity contribution in [1.29, 1.82) is 0 Å². The number of carbonyl (C=O) groups excluding carboxylic acids is 1. The largest absolute Gasteiger partial charge is 0.388 e. The molecule has 8 heteroatoms. The van der Waals surface area contributed by atoms with Crippen LogP contribution in [-0.2, 0) is 11.3 Å². The second-order valence-electron chi connectivity index (χ2n) is 8.58. The van der Waals surface area contributed by atoms with Crippen LogP contribution in [0.2, 0.25) is 0 Å². The van der Waals surface area contributed by atoms with E-state index < -0.39 is 5.60 Å². The fourth-order valence-corrected chi connectivity index (χ4v) is 5.41. The first-order chi connectivity index (χ1) is 13.9. The highest BCUT2D eigenvalue weighted by Gasteiger charge is 2.34. The summed E-state index contributed by atoms with van der Waals surface area (Å²) in [6, 6.07) is 0. The average molecular weight is 419 g/mol. The fraction of sp³-hybridized carbons (Fsp3) is 0.667. The molecule has 0 aromatic carbocycles. The zero-order chi connectivity index (χ0) is 20.6. The van der Waals surface area contributed by atoms with Gasteiger partial charge in [-0.3, -0.25) is 19.1 Å². The maximum Gasteiger partial charge on any atom is 0.262 e. The minimum absolute atomic E-state index is 0.0759. The highest BCUT2D eigenvalue weighted by atomic mass is 32.1. The van der Waals surface area contributed by atoms with E-state index in [1.54, 1.807) is 10.9 Å². The van der Waals surface area contributed by atoms with E-state index in [0.717, 1.165) is 41.2 Å². The molecule has 0 radical (unpaired) electrons. The van der Waals surface area contributed by atoms with Crippen molar-refractivity contribution in [3.05, 3.63) is 27.1 Å². The lowest BCUT2D eigenvalue weighted by Gasteiger charge is -2.39. The van der Waals surface area contributed by atoms with Gasteiger partial charge in [-0.15, -0.1) is 11.3 Å². The van der Waals surface area contributed by atoms with E-state index in [1.807, 2.05) is 18.7 Å². The number of thiophene rings is 1. The summed E-state index contributed by atoms with van der Waals surface area (Å²) < 4.78 is 1.55. The number of hydrogen-bond donors (Lipinski definition) is 1. The number of fused-ring (bicyclic) bond motifs is 1. The van der Waals surface area contributed by atoms with Crippen LogP contribution < -0.4 is 5.56 Å². The Morgan fingerprint density at radius 3 is 2.55 bits per heavy atom. The summed E-state index contributed by atoms with van der Waals surface area (Å²) in [4.78, 5) is 35.8. The highest BCUT2D eigenvalue weighted by Crippen LogP contribution is 2.27. The molecule has 2 aromatic rings. The molecule has 2 aromatic heterocycles. The first-order valence-corrected chi connectivity index (χ1v) is 11.4. The first kappa shape index (κ1) is 20.5. The SMILES string of the molecule is Cc1sc2ncn(CC3(O)CCN(CC(=O)N4CCCCC4)CC3)c(=O)c2c1C. The predicted octanol–water partition coefficient (Wildman–Crippen LogP) is 1.91. The molecular weight excluding hydrogens is 388 g/mol. The predicted molar refractivity (Wildman–Crippen MR) is 114 cm³/mol. The average Bonchev–Trinajstić information content (AvgIpc) is 3.01. The molecule has 158 valence electrons. The smallest absolute Gasteiger partial charge is 0.262 e. The van der Waals surface area contributed by atoms with Gasteiger partial charge >= 0.3 is 0 Å². The van der Waals surface area contributed by atoms with Gasteiger partial charge in [0.05, 0.1) is 30.4 Å². The van der Waals surface area contributed by atoms with Crippen molar-refractivity contribution in [1.82, 2.24) is 19.4 Å². The van der Waals surface area contributed by atoms with Crippen LogP contribution in [0, 0.1) is 13.8 Å². The second kappa shape index (κ2) is 8.16. The topological polar surface area (TPSA) is 78.7 Å². The lowest BCUT2D eigenvalue weighted by Crippen LogP contribution is -2.51. The summed E-state index contributed by atoms with van der Waals surface area (Å²) in [5, 5.41) is 11.8. The number of aromatic nitrogens is 2. The maximum absolute atomic E-state index is 12.9. The van der Waals surface area contributed by atoms with Gasteiger partial charge in [0.25, 0.3) is 5.56 Å². The van der Waals surface area contributed by atoms with Crippen LogP contribution in [0.25, 0.3) is 10.2 Å². The molecule has 7 nitrogen and oxygen atoms in total. The molecule has 1 N–H and O–H groups in total. The molecule has 2 saturated heterocycles. The van der Waals surface area contributed by atoms with Crippen molar-refractivity contribution < 1.29 is 9.90 Å². The first-order valence-electron chi connectivity index (χ1n) is 10.5. The molecule has 0 unspecified atom stereocenters. The lowest BCUT2D eigenvalue weighted by molar-refractivity contribution is -0.134. The summed E-state index contributed by atoms with van der Waals surface area (Å²) in [5.74, 6) is 0.198. The normalized spacial score (nSPS) is 20.3. The van der Waals surface area contributed by atoms with Crippen LogP contribution in [0.1, 0.15) is 42.5 Å². The van der Waals surface area contributed by atoms with Crippen molar-refractivity contribution in [2.45, 2.75) is 58.1 Å². The molecule has 1 amide bonds. The summed E-state index contributed by atoms with van der Waals surface area (Å²) in [5.41, 5.74) is -0.0362. The zero-order valence-corrected chi connectivity index (χ0v) is 18.1. The fourth-order valence-electron chi connectivity index (χ4n) is 4.42. The Morgan fingerprint density at radius 2 is 1.86 bits per heavy atom. The van der Waals surface area contributed by atoms with E-state index in [9.17, 15) is 14.7 Å². The Kier molecular flexibility index (Phi) is 5.77. The Balaban J connectivity index is 1.39. The molecular formula is C21H30N4O3S. The number of carbonyl (C=O) groups is 1. The minimum atomic E-state index is -0.942. The number of amides is 1. The zero-order valence-electron chi connectivity index (χ0n) is 17.3. The van der Waals surface area contributed by atoms with E-state index in [-0.39, 0.29) is 18.0 Å². The molecule has 0 saturated carbocycles. The van der Waals surface area contributed by atoms with Crippen molar-refractivity contribution in [3.8, 4) is 0 Å². The second-order valence-corrected chi connectivity index (χ2v) is 9.79. The molecule has 0 atom stereocenters. The van der Waals surface area contributed by atoms with Crippen molar-refractivity contribution in [2.24, 2.45) is 0 Å². The van der Waals surface area contributed by atoms with E-state index >= 15 is 0 Å². The molecule has 0 bridgehead atoms. The number of aryl methyl sites for hydroxylation is 2. The number of likely N-dealkylation sites (tertiary alicyclic amines) is 2. The standard InChI is InChI=1S/C21H30N4O3S/c1-15-16(2)29-19-18(15)20(27)25(14-22-19)13-21(28)6-10-23(11-7-21)12-17(26)24-8-4-3-5-9-24/h14,28H,3-13H2,1-2H3. The van der Waals surface area contributed by atoms with Gasteiger partial charge in [-0.25, -0.2) is 4.98 Å². The molecule has 2 fully saturated rings. The Hall–Kier alpha value is -1.77. The van der Waals surface area contributed by atoms with Gasteiger partial charge < -0.3 is 10.0 Å². The van der Waals surface area contributed by atoms with E-state index in [2.05, 4.69) is 9.88 Å². The molecule has 2 aliphatic rings. The van der Waals surface area contributed by atoms with E-state index in [4.69, 9.17) is 0 Å². The van der Waals surface area contributed by atoms with Crippen molar-refractivity contribution in [3.63, 3.8) is 0 Å². The van der Waals surface area contributed by atoms with Gasteiger partial charge in [0.15, 0.2) is 0 Å². The number of rotatable bonds is 4. The summed E-state index contributed by atoms with van der Waals surface area (Å²) in [6.07, 6.45) is 6.07. The quantitative estimate of drug-likeness (QED) is 0.821. The van der Waals surface area contributed by atoms with Crippen LogP contribution in [0.15, 0.2) is 11.1 Å². The van der Waals surface area contributed by atoms with E-state index in [1.165, 1.54) is 17.8 Å². The van der Waals surface area contributed by atoms with Gasteiger partial charge in [-0.1, -0.05) is 0 Å². The Bertz CT molecular complexity index is 953. The van der Waals surface area contributed by atoms with Gasteiger partial charge in [0.2, 0.25) is 5.91 Å². The molecule has 2 aliphatic heterocycles. The molecule has 4 rings (SSSR count). The minimum Gasteiger partial charge on any atom is -0.388 e. The lowest BCUT2D eigenvalue weighted by atomic mass is 9.91. The van der Waals surface area contributed by atoms with Crippen molar-refractivity contribution >= 4 is 27.5 Å². The Morgan fingerprint density at radius 1 is 1.17 bits per heavy atom. The summed E-state index contributed by atoms with van der Waals surface area (Å²) in [7, 11) is 0. The summed E-state index contributed by atoms with van der Waals surface area (Å²) in [6.45, 7) is 7.70. The van der Waals surface area contributed by atoms with Crippen LogP contribution in [-0.4, -0.2) is 68.7 Å². The molecule has 29 heavy (non-hydrogen) atoms. The van der Waals surface area contributed by atoms with Gasteiger partial charge in [-0.2, -0.15) is 0 Å². The third kappa shape index (κ3) is 4.25. The van der Waals surface area contributed by atoms with Crippen molar-refractivity contribution in [2.75, 3.05) is 32.7 Å².